The van der Waals surface area contributed by atoms with E-state index in [1.54, 1.807) is 7.05 Å². The van der Waals surface area contributed by atoms with Crippen LogP contribution in [0.3, 0.4) is 0 Å². The fraction of sp³-hybridized carbons (Fsp3) is 0.647. The minimum Gasteiger partial charge on any atom is -0.350 e. The van der Waals surface area contributed by atoms with Gasteiger partial charge in [-0.15, -0.1) is 0 Å². The Morgan fingerprint density at radius 3 is 2.23 bits per heavy atom. The van der Waals surface area contributed by atoms with Gasteiger partial charge in [0.05, 0.1) is 12.1 Å². The van der Waals surface area contributed by atoms with Crippen molar-refractivity contribution in [2.75, 3.05) is 13.6 Å². The lowest BCUT2D eigenvalue weighted by Gasteiger charge is -2.23. The average molecular weight is 307 g/mol. The smallest absolute Gasteiger partial charge is 0.255 e. The van der Waals surface area contributed by atoms with Gasteiger partial charge in [0.2, 0.25) is 5.91 Å². The van der Waals surface area contributed by atoms with Crippen molar-refractivity contribution < 1.29 is 9.59 Å². The molecule has 1 heterocycles. The van der Waals surface area contributed by atoms with Crippen molar-refractivity contribution in [1.29, 1.82) is 0 Å². The van der Waals surface area contributed by atoms with E-state index in [4.69, 9.17) is 0 Å². The number of nitrogens with one attached hydrogen (secondary N) is 1. The summed E-state index contributed by atoms with van der Waals surface area (Å²) < 4.78 is 2.14. The summed E-state index contributed by atoms with van der Waals surface area (Å²) >= 11 is 0. The predicted molar refractivity (Wildman–Crippen MR) is 89.1 cm³/mol. The highest BCUT2D eigenvalue weighted by Gasteiger charge is 2.22. The van der Waals surface area contributed by atoms with Gasteiger partial charge < -0.3 is 14.8 Å². The summed E-state index contributed by atoms with van der Waals surface area (Å²) in [6.07, 6.45) is 0. The molecule has 0 aliphatic carbocycles. The molecular weight excluding hydrogens is 278 g/mol. The highest BCUT2D eigenvalue weighted by Crippen LogP contribution is 2.21. The molecule has 0 radical (unpaired) electrons. The Hall–Kier alpha value is -1.78. The third-order valence-electron chi connectivity index (χ3n) is 3.47. The lowest BCUT2D eigenvalue weighted by Crippen LogP contribution is -2.46. The van der Waals surface area contributed by atoms with E-state index < -0.39 is 0 Å². The van der Waals surface area contributed by atoms with E-state index in [9.17, 15) is 9.59 Å². The molecule has 0 spiro atoms. The van der Waals surface area contributed by atoms with Crippen molar-refractivity contribution in [1.82, 2.24) is 14.8 Å². The van der Waals surface area contributed by atoms with Crippen molar-refractivity contribution >= 4 is 11.8 Å². The number of nitrogens with zero attached hydrogens (tertiary/aromatic N) is 2. The second-order valence-electron chi connectivity index (χ2n) is 7.21. The summed E-state index contributed by atoms with van der Waals surface area (Å²) in [6.45, 7) is 13.9. The van der Waals surface area contributed by atoms with E-state index in [1.165, 1.54) is 4.90 Å². The van der Waals surface area contributed by atoms with Crippen molar-refractivity contribution in [3.8, 4) is 0 Å². The molecule has 1 N–H and O–H groups in total. The number of carbonyl (C=O) groups is 2. The molecule has 1 aromatic rings. The number of hydrogen-bond acceptors (Lipinski definition) is 2. The van der Waals surface area contributed by atoms with Gasteiger partial charge in [0.25, 0.3) is 5.91 Å². The summed E-state index contributed by atoms with van der Waals surface area (Å²) in [6, 6.07) is 2.20. The van der Waals surface area contributed by atoms with Crippen molar-refractivity contribution in [3.05, 3.63) is 23.0 Å². The molecule has 5 nitrogen and oxygen atoms in total. The Morgan fingerprint density at radius 1 is 1.27 bits per heavy atom. The van der Waals surface area contributed by atoms with Gasteiger partial charge in [0.1, 0.15) is 0 Å². The number of amides is 2. The largest absolute Gasteiger partial charge is 0.350 e. The van der Waals surface area contributed by atoms with Crippen LogP contribution in [-0.2, 0) is 4.79 Å². The molecular formula is C17H29N3O2. The Bertz CT molecular complexity index is 565. The first-order valence-electron chi connectivity index (χ1n) is 7.69. The van der Waals surface area contributed by atoms with Crippen LogP contribution in [0.4, 0.5) is 0 Å². The third kappa shape index (κ3) is 4.36. The predicted octanol–water partition coefficient (Wildman–Crippen LogP) is 2.67. The Morgan fingerprint density at radius 2 is 1.82 bits per heavy atom. The standard InChI is InChI=1S/C17H29N3O2/c1-11(2)20-12(3)9-14(13(20)4)16(22)19(8)10-15(21)18-17(5,6)7/h9,11H,10H2,1-8H3,(H,18,21). The van der Waals surface area contributed by atoms with Gasteiger partial charge in [0.15, 0.2) is 0 Å². The minimum absolute atomic E-state index is 0.0570. The van der Waals surface area contributed by atoms with Crippen LogP contribution in [0.15, 0.2) is 6.07 Å². The van der Waals surface area contributed by atoms with Crippen LogP contribution < -0.4 is 5.32 Å². The molecule has 1 aromatic heterocycles. The molecule has 5 heteroatoms. The molecule has 0 saturated carbocycles. The minimum atomic E-state index is -0.297. The van der Waals surface area contributed by atoms with Gasteiger partial charge >= 0.3 is 0 Å². The topological polar surface area (TPSA) is 54.3 Å². The Labute approximate surface area is 133 Å². The van der Waals surface area contributed by atoms with Gasteiger partial charge in [-0.05, 0) is 54.5 Å². The van der Waals surface area contributed by atoms with Crippen molar-refractivity contribution in [3.63, 3.8) is 0 Å². The number of aromatic nitrogens is 1. The van der Waals surface area contributed by atoms with Crippen LogP contribution in [-0.4, -0.2) is 40.4 Å². The van der Waals surface area contributed by atoms with Gasteiger partial charge in [0, 0.05) is 30.0 Å². The maximum atomic E-state index is 12.6. The maximum absolute atomic E-state index is 12.6. The lowest BCUT2D eigenvalue weighted by atomic mass is 10.1. The molecule has 1 rings (SSSR count). The number of likely N-dealkylation sites (N-methyl/N-ethyl adjacent to an activating group) is 1. The third-order valence-corrected chi connectivity index (χ3v) is 3.47. The Kier molecular flexibility index (Phi) is 5.44. The van der Waals surface area contributed by atoms with E-state index in [0.717, 1.165) is 11.4 Å². The molecule has 0 aliphatic heterocycles. The summed E-state index contributed by atoms with van der Waals surface area (Å²) in [7, 11) is 1.66. The molecule has 0 unspecified atom stereocenters. The van der Waals surface area contributed by atoms with Crippen LogP contribution in [0.5, 0.6) is 0 Å². The monoisotopic (exact) mass is 307 g/mol. The van der Waals surface area contributed by atoms with Gasteiger partial charge in [-0.1, -0.05) is 0 Å². The number of carbonyl (C=O) groups excluding carboxylic acids is 2. The zero-order chi connectivity index (χ0) is 17.2. The first kappa shape index (κ1) is 18.3. The molecule has 0 atom stereocenters. The maximum Gasteiger partial charge on any atom is 0.255 e. The SMILES string of the molecule is Cc1cc(C(=O)N(C)CC(=O)NC(C)(C)C)c(C)n1C(C)C. The molecule has 2 amide bonds. The quantitative estimate of drug-likeness (QED) is 0.930. The second-order valence-corrected chi connectivity index (χ2v) is 7.21. The van der Waals surface area contributed by atoms with Gasteiger partial charge in [-0.3, -0.25) is 9.59 Å². The molecule has 124 valence electrons. The number of rotatable bonds is 4. The zero-order valence-electron chi connectivity index (χ0n) is 15.1. The summed E-state index contributed by atoms with van der Waals surface area (Å²) in [5.41, 5.74) is 2.37. The van der Waals surface area contributed by atoms with E-state index in [0.29, 0.717) is 11.6 Å². The van der Waals surface area contributed by atoms with Crippen LogP contribution in [0, 0.1) is 13.8 Å². The van der Waals surface area contributed by atoms with E-state index in [1.807, 2.05) is 40.7 Å². The molecule has 0 bridgehead atoms. The molecule has 0 fully saturated rings. The van der Waals surface area contributed by atoms with Gasteiger partial charge in [-0.25, -0.2) is 0 Å². The van der Waals surface area contributed by atoms with Crippen LogP contribution in [0.1, 0.15) is 62.4 Å². The van der Waals surface area contributed by atoms with Crippen LogP contribution >= 0.6 is 0 Å². The number of aryl methyl sites for hydroxylation is 1. The fourth-order valence-corrected chi connectivity index (χ4v) is 2.74. The van der Waals surface area contributed by atoms with E-state index >= 15 is 0 Å². The molecule has 0 aromatic carbocycles. The van der Waals surface area contributed by atoms with Crippen LogP contribution in [0.25, 0.3) is 0 Å². The second kappa shape index (κ2) is 6.55. The van der Waals surface area contributed by atoms with Crippen molar-refractivity contribution in [2.24, 2.45) is 0 Å². The number of hydrogen-bond donors (Lipinski definition) is 1. The van der Waals surface area contributed by atoms with Crippen LogP contribution in [0.2, 0.25) is 0 Å². The van der Waals surface area contributed by atoms with Gasteiger partial charge in [-0.2, -0.15) is 0 Å². The normalized spacial score (nSPS) is 11.7. The average Bonchev–Trinajstić information content (AvgIpc) is 2.60. The molecule has 0 aliphatic rings. The summed E-state index contributed by atoms with van der Waals surface area (Å²) in [4.78, 5) is 26.0. The fourth-order valence-electron chi connectivity index (χ4n) is 2.74. The van der Waals surface area contributed by atoms with E-state index in [2.05, 4.69) is 23.7 Å². The lowest BCUT2D eigenvalue weighted by molar-refractivity contribution is -0.122. The summed E-state index contributed by atoms with van der Waals surface area (Å²) in [5, 5.41) is 2.87. The molecule has 22 heavy (non-hydrogen) atoms. The molecule has 0 saturated heterocycles. The first-order chi connectivity index (χ1) is 9.94. The highest BCUT2D eigenvalue weighted by molar-refractivity contribution is 5.97. The van der Waals surface area contributed by atoms with E-state index in [-0.39, 0.29) is 23.9 Å². The zero-order valence-corrected chi connectivity index (χ0v) is 15.1. The summed E-state index contributed by atoms with van der Waals surface area (Å²) in [5.74, 6) is -0.273. The Balaban J connectivity index is 2.88. The van der Waals surface area contributed by atoms with Crippen molar-refractivity contribution in [2.45, 2.75) is 60.0 Å². The highest BCUT2D eigenvalue weighted by atomic mass is 16.2. The first-order valence-corrected chi connectivity index (χ1v) is 7.69.